The number of benzene rings is 1. The van der Waals surface area contributed by atoms with Gasteiger partial charge in [-0.3, -0.25) is 9.69 Å². The SMILES string of the molecule is CCSc1cccc(NC(=O)NC2CC(N(CC(=O)O)CC3CC3)C2)c1. The van der Waals surface area contributed by atoms with Crippen molar-refractivity contribution in [2.75, 3.05) is 24.2 Å². The number of carboxylic acids is 1. The van der Waals surface area contributed by atoms with Crippen molar-refractivity contribution in [1.29, 1.82) is 0 Å². The number of hydrogen-bond donors (Lipinski definition) is 3. The number of thioether (sulfide) groups is 1. The summed E-state index contributed by atoms with van der Waals surface area (Å²) in [6.07, 6.45) is 4.06. The maximum Gasteiger partial charge on any atom is 0.319 e. The Morgan fingerprint density at radius 3 is 2.73 bits per heavy atom. The van der Waals surface area contributed by atoms with Crippen molar-refractivity contribution in [2.45, 2.75) is 49.6 Å². The molecule has 3 N–H and O–H groups in total. The first-order valence-electron chi connectivity index (χ1n) is 9.29. The average molecular weight is 378 g/mol. The molecule has 0 radical (unpaired) electrons. The number of rotatable bonds is 9. The van der Waals surface area contributed by atoms with Crippen molar-refractivity contribution in [2.24, 2.45) is 5.92 Å². The Balaban J connectivity index is 1.43. The minimum Gasteiger partial charge on any atom is -0.480 e. The molecule has 6 nitrogen and oxygen atoms in total. The summed E-state index contributed by atoms with van der Waals surface area (Å²) in [6, 6.07) is 8.01. The van der Waals surface area contributed by atoms with Crippen LogP contribution in [0.3, 0.4) is 0 Å². The van der Waals surface area contributed by atoms with E-state index in [1.165, 1.54) is 12.8 Å². The van der Waals surface area contributed by atoms with E-state index >= 15 is 0 Å². The fourth-order valence-electron chi connectivity index (χ4n) is 3.34. The van der Waals surface area contributed by atoms with E-state index in [9.17, 15) is 9.59 Å². The number of hydrogen-bond acceptors (Lipinski definition) is 4. The number of anilines is 1. The van der Waals surface area contributed by atoms with Gasteiger partial charge in [0, 0.05) is 29.2 Å². The molecule has 2 saturated carbocycles. The molecule has 1 aromatic carbocycles. The molecule has 1 aromatic rings. The number of amides is 2. The Kier molecular flexibility index (Phi) is 6.43. The van der Waals surface area contributed by atoms with Gasteiger partial charge in [-0.1, -0.05) is 13.0 Å². The van der Waals surface area contributed by atoms with Crippen LogP contribution in [0.5, 0.6) is 0 Å². The zero-order chi connectivity index (χ0) is 18.5. The summed E-state index contributed by atoms with van der Waals surface area (Å²) in [5.41, 5.74) is 0.790. The highest BCUT2D eigenvalue weighted by atomic mass is 32.2. The van der Waals surface area contributed by atoms with Crippen molar-refractivity contribution in [3.63, 3.8) is 0 Å². The van der Waals surface area contributed by atoms with Crippen molar-refractivity contribution in [3.8, 4) is 0 Å². The predicted octanol–water partition coefficient (Wildman–Crippen LogP) is 3.25. The molecular formula is C19H27N3O3S. The van der Waals surface area contributed by atoms with Crippen LogP contribution < -0.4 is 10.6 Å². The van der Waals surface area contributed by atoms with Crippen LogP contribution in [0.25, 0.3) is 0 Å². The lowest BCUT2D eigenvalue weighted by atomic mass is 9.85. The largest absolute Gasteiger partial charge is 0.480 e. The van der Waals surface area contributed by atoms with Gasteiger partial charge in [0.05, 0.1) is 6.54 Å². The summed E-state index contributed by atoms with van der Waals surface area (Å²) in [6.45, 7) is 3.07. The number of carboxylic acid groups (broad SMARTS) is 1. The lowest BCUT2D eigenvalue weighted by Gasteiger charge is -2.42. The van der Waals surface area contributed by atoms with Crippen molar-refractivity contribution >= 4 is 29.4 Å². The molecule has 0 spiro atoms. The van der Waals surface area contributed by atoms with E-state index < -0.39 is 5.97 Å². The lowest BCUT2D eigenvalue weighted by Crippen LogP contribution is -2.55. The first-order valence-corrected chi connectivity index (χ1v) is 10.3. The Morgan fingerprint density at radius 2 is 2.08 bits per heavy atom. The van der Waals surface area contributed by atoms with Gasteiger partial charge in [0.2, 0.25) is 0 Å². The van der Waals surface area contributed by atoms with Gasteiger partial charge in [-0.05, 0) is 55.6 Å². The van der Waals surface area contributed by atoms with E-state index in [1.54, 1.807) is 11.8 Å². The minimum atomic E-state index is -0.773. The van der Waals surface area contributed by atoms with Crippen LogP contribution in [0.4, 0.5) is 10.5 Å². The molecule has 2 fully saturated rings. The molecule has 2 amide bonds. The highest BCUT2D eigenvalue weighted by molar-refractivity contribution is 7.99. The summed E-state index contributed by atoms with van der Waals surface area (Å²) in [4.78, 5) is 26.5. The molecule has 0 heterocycles. The van der Waals surface area contributed by atoms with Gasteiger partial charge in [0.25, 0.3) is 0 Å². The Morgan fingerprint density at radius 1 is 1.31 bits per heavy atom. The maximum absolute atomic E-state index is 12.2. The fourth-order valence-corrected chi connectivity index (χ4v) is 4.05. The molecule has 0 unspecified atom stereocenters. The molecule has 0 atom stereocenters. The van der Waals surface area contributed by atoms with Crippen molar-refractivity contribution in [3.05, 3.63) is 24.3 Å². The molecule has 7 heteroatoms. The number of urea groups is 1. The number of nitrogens with one attached hydrogen (secondary N) is 2. The van der Waals surface area contributed by atoms with E-state index in [2.05, 4.69) is 22.5 Å². The third-order valence-electron chi connectivity index (χ3n) is 4.90. The topological polar surface area (TPSA) is 81.7 Å². The molecule has 0 bridgehead atoms. The molecule has 0 aromatic heterocycles. The number of aliphatic carboxylic acids is 1. The molecule has 2 aliphatic rings. The second kappa shape index (κ2) is 8.77. The Labute approximate surface area is 158 Å². The second-order valence-electron chi connectivity index (χ2n) is 7.15. The first-order chi connectivity index (χ1) is 12.5. The highest BCUT2D eigenvalue weighted by Gasteiger charge is 2.37. The molecule has 142 valence electrons. The van der Waals surface area contributed by atoms with Crippen LogP contribution in [-0.4, -0.2) is 52.9 Å². The van der Waals surface area contributed by atoms with Crippen molar-refractivity contribution in [1.82, 2.24) is 10.2 Å². The second-order valence-corrected chi connectivity index (χ2v) is 8.49. The molecular weight excluding hydrogens is 350 g/mol. The molecule has 26 heavy (non-hydrogen) atoms. The number of carbonyl (C=O) groups is 2. The monoisotopic (exact) mass is 377 g/mol. The lowest BCUT2D eigenvalue weighted by molar-refractivity contribution is -0.139. The van der Waals surface area contributed by atoms with E-state index in [-0.39, 0.29) is 24.7 Å². The van der Waals surface area contributed by atoms with Crippen LogP contribution in [0, 0.1) is 5.92 Å². The molecule has 0 aliphatic heterocycles. The van der Waals surface area contributed by atoms with Crippen LogP contribution in [0.1, 0.15) is 32.6 Å². The zero-order valence-electron chi connectivity index (χ0n) is 15.1. The van der Waals surface area contributed by atoms with Crippen LogP contribution in [0.2, 0.25) is 0 Å². The maximum atomic E-state index is 12.2. The van der Waals surface area contributed by atoms with Gasteiger partial charge in [-0.2, -0.15) is 0 Å². The smallest absolute Gasteiger partial charge is 0.319 e. The fraction of sp³-hybridized carbons (Fsp3) is 0.579. The summed E-state index contributed by atoms with van der Waals surface area (Å²) in [5.74, 6) is 0.884. The average Bonchev–Trinajstić information content (AvgIpc) is 3.34. The Hall–Kier alpha value is -1.73. The van der Waals surface area contributed by atoms with Gasteiger partial charge < -0.3 is 15.7 Å². The van der Waals surface area contributed by atoms with E-state index in [0.29, 0.717) is 5.92 Å². The standard InChI is InChI=1S/C19H27N3O3S/c1-2-26-17-5-3-4-14(10-17)20-19(25)21-15-8-16(9-15)22(12-18(23)24)11-13-6-7-13/h3-5,10,13,15-16H,2,6-9,11-12H2,1H3,(H,23,24)(H2,20,21,25). The molecule has 3 rings (SSSR count). The van der Waals surface area contributed by atoms with Gasteiger partial charge >= 0.3 is 12.0 Å². The van der Waals surface area contributed by atoms with Gasteiger partial charge in [-0.15, -0.1) is 11.8 Å². The summed E-state index contributed by atoms with van der Waals surface area (Å²) in [7, 11) is 0. The number of nitrogens with zero attached hydrogens (tertiary/aromatic N) is 1. The summed E-state index contributed by atoms with van der Waals surface area (Å²) in [5, 5.41) is 15.0. The van der Waals surface area contributed by atoms with Crippen molar-refractivity contribution < 1.29 is 14.7 Å². The van der Waals surface area contributed by atoms with Crippen LogP contribution in [-0.2, 0) is 4.79 Å². The summed E-state index contributed by atoms with van der Waals surface area (Å²) < 4.78 is 0. The normalized spacial score (nSPS) is 21.9. The van der Waals surface area contributed by atoms with E-state index in [0.717, 1.165) is 35.7 Å². The predicted molar refractivity (Wildman–Crippen MR) is 104 cm³/mol. The quantitative estimate of drug-likeness (QED) is 0.576. The van der Waals surface area contributed by atoms with Crippen LogP contribution >= 0.6 is 11.8 Å². The highest BCUT2D eigenvalue weighted by Crippen LogP contribution is 2.33. The molecule has 2 aliphatic carbocycles. The van der Waals surface area contributed by atoms with Gasteiger partial charge in [0.15, 0.2) is 0 Å². The van der Waals surface area contributed by atoms with Gasteiger partial charge in [0.1, 0.15) is 0 Å². The molecule has 0 saturated heterocycles. The minimum absolute atomic E-state index is 0.0992. The van der Waals surface area contributed by atoms with E-state index in [4.69, 9.17) is 5.11 Å². The van der Waals surface area contributed by atoms with Gasteiger partial charge in [-0.25, -0.2) is 4.79 Å². The first kappa shape index (κ1) is 19.0. The Bertz CT molecular complexity index is 645. The zero-order valence-corrected chi connectivity index (χ0v) is 15.9. The third kappa shape index (κ3) is 5.64. The summed E-state index contributed by atoms with van der Waals surface area (Å²) >= 11 is 1.74. The van der Waals surface area contributed by atoms with E-state index in [1.807, 2.05) is 24.3 Å². The van der Waals surface area contributed by atoms with Crippen LogP contribution in [0.15, 0.2) is 29.2 Å². The third-order valence-corrected chi connectivity index (χ3v) is 5.77. The number of carbonyl (C=O) groups excluding carboxylic acids is 1.